The third-order valence-corrected chi connectivity index (χ3v) is 9.09. The van der Waals surface area contributed by atoms with Crippen LogP contribution in [0.4, 0.5) is 5.69 Å². The van der Waals surface area contributed by atoms with E-state index >= 15 is 0 Å². The summed E-state index contributed by atoms with van der Waals surface area (Å²) < 4.78 is 18.0. The van der Waals surface area contributed by atoms with Crippen LogP contribution in [0.1, 0.15) is 88.8 Å². The molecule has 0 aromatic heterocycles. The van der Waals surface area contributed by atoms with Crippen LogP contribution in [-0.4, -0.2) is 56.9 Å². The first-order valence-electron chi connectivity index (χ1n) is 16.6. The molecule has 6 heteroatoms. The first-order valence-corrected chi connectivity index (χ1v) is 16.6. The summed E-state index contributed by atoms with van der Waals surface area (Å²) in [6.45, 7) is 14.4. The summed E-state index contributed by atoms with van der Waals surface area (Å²) in [4.78, 5) is 5.06. The van der Waals surface area contributed by atoms with Crippen molar-refractivity contribution in [2.24, 2.45) is 0 Å². The van der Waals surface area contributed by atoms with E-state index in [0.29, 0.717) is 12.0 Å². The first-order chi connectivity index (χ1) is 21.2. The molecule has 1 saturated heterocycles. The molecule has 44 heavy (non-hydrogen) atoms. The van der Waals surface area contributed by atoms with Crippen molar-refractivity contribution in [2.45, 2.75) is 90.7 Å². The normalized spacial score (nSPS) is 18.2. The molecule has 1 N–H and O–H groups in total. The summed E-state index contributed by atoms with van der Waals surface area (Å²) in [5.74, 6) is 3.30. The number of benzene rings is 2. The Morgan fingerprint density at radius 1 is 1.02 bits per heavy atom. The second-order valence-electron chi connectivity index (χ2n) is 13.5. The maximum absolute atomic E-state index is 6.38. The number of nitrogens with one attached hydrogen (secondary N) is 1. The highest BCUT2D eigenvalue weighted by Crippen LogP contribution is 2.46. The van der Waals surface area contributed by atoms with Crippen molar-refractivity contribution in [2.75, 3.05) is 45.3 Å². The van der Waals surface area contributed by atoms with Crippen molar-refractivity contribution in [1.29, 1.82) is 0 Å². The Kier molecular flexibility index (Phi) is 10.2. The topological polar surface area (TPSA) is 46.2 Å². The van der Waals surface area contributed by atoms with Gasteiger partial charge < -0.3 is 29.3 Å². The summed E-state index contributed by atoms with van der Waals surface area (Å²) in [5, 5.41) is 3.59. The number of hydrogen-bond donors (Lipinski definition) is 1. The minimum absolute atomic E-state index is 0.206. The van der Waals surface area contributed by atoms with Gasteiger partial charge in [-0.05, 0) is 113 Å². The average molecular weight is 600 g/mol. The average Bonchev–Trinajstić information content (AvgIpc) is 2.98. The molecule has 2 aliphatic heterocycles. The highest BCUT2D eigenvalue weighted by Gasteiger charge is 2.29. The third kappa shape index (κ3) is 7.57. The Labute approximate surface area is 265 Å². The molecule has 0 amide bonds. The van der Waals surface area contributed by atoms with E-state index in [1.807, 2.05) is 0 Å². The number of dihydropyridines is 1. The highest BCUT2D eigenvalue weighted by atomic mass is 16.5. The molecule has 3 aliphatic rings. The molecule has 0 bridgehead atoms. The lowest BCUT2D eigenvalue weighted by Gasteiger charge is -2.42. The minimum atomic E-state index is -0.206. The molecule has 5 rings (SSSR count). The molecule has 2 fully saturated rings. The predicted octanol–water partition coefficient (Wildman–Crippen LogP) is 8.19. The highest BCUT2D eigenvalue weighted by molar-refractivity contribution is 5.74. The van der Waals surface area contributed by atoms with Crippen LogP contribution in [0.25, 0.3) is 5.57 Å². The second-order valence-corrected chi connectivity index (χ2v) is 13.5. The van der Waals surface area contributed by atoms with Crippen LogP contribution in [0.15, 0.2) is 66.2 Å². The number of aryl methyl sites for hydroxylation is 1. The van der Waals surface area contributed by atoms with Gasteiger partial charge in [0.2, 0.25) is 0 Å². The molecule has 0 radical (unpaired) electrons. The van der Waals surface area contributed by atoms with Crippen LogP contribution in [0.5, 0.6) is 11.5 Å². The van der Waals surface area contributed by atoms with Crippen LogP contribution in [0.3, 0.4) is 0 Å². The van der Waals surface area contributed by atoms with Gasteiger partial charge in [0.05, 0.1) is 14.2 Å². The lowest BCUT2D eigenvalue weighted by molar-refractivity contribution is -0.00484. The molecular weight excluding hydrogens is 546 g/mol. The van der Waals surface area contributed by atoms with Crippen molar-refractivity contribution < 1.29 is 14.2 Å². The zero-order valence-corrected chi connectivity index (χ0v) is 28.0. The lowest BCUT2D eigenvalue weighted by Crippen LogP contribution is -2.46. The summed E-state index contributed by atoms with van der Waals surface area (Å²) in [7, 11) is 3.50. The molecule has 0 spiro atoms. The van der Waals surface area contributed by atoms with Crippen LogP contribution in [-0.2, 0) is 4.74 Å². The van der Waals surface area contributed by atoms with Crippen molar-refractivity contribution >= 4 is 11.3 Å². The van der Waals surface area contributed by atoms with Gasteiger partial charge in [-0.2, -0.15) is 0 Å². The van der Waals surface area contributed by atoms with E-state index < -0.39 is 0 Å². The van der Waals surface area contributed by atoms with Gasteiger partial charge in [-0.25, -0.2) is 0 Å². The zero-order chi connectivity index (χ0) is 31.3. The predicted molar refractivity (Wildman–Crippen MR) is 183 cm³/mol. The number of hydrogen-bond acceptors (Lipinski definition) is 6. The summed E-state index contributed by atoms with van der Waals surface area (Å²) in [5.41, 5.74) is 7.44. The number of methoxy groups -OCH3 is 2. The molecule has 0 atom stereocenters. The fraction of sp³-hybridized carbons (Fsp3) is 0.526. The van der Waals surface area contributed by atoms with Gasteiger partial charge in [0, 0.05) is 49.7 Å². The third-order valence-electron chi connectivity index (χ3n) is 9.09. The van der Waals surface area contributed by atoms with Crippen LogP contribution in [0.2, 0.25) is 0 Å². The van der Waals surface area contributed by atoms with E-state index in [9.17, 15) is 0 Å². The molecule has 2 heterocycles. The monoisotopic (exact) mass is 599 g/mol. The van der Waals surface area contributed by atoms with Crippen molar-refractivity contribution in [3.63, 3.8) is 0 Å². The number of rotatable bonds is 11. The summed E-state index contributed by atoms with van der Waals surface area (Å²) in [6.07, 6.45) is 13.7. The fourth-order valence-electron chi connectivity index (χ4n) is 6.57. The van der Waals surface area contributed by atoms with Gasteiger partial charge in [-0.1, -0.05) is 37.1 Å². The molecule has 6 nitrogen and oxygen atoms in total. The van der Waals surface area contributed by atoms with Gasteiger partial charge in [0.1, 0.15) is 5.60 Å². The van der Waals surface area contributed by atoms with Crippen molar-refractivity contribution in [3.8, 4) is 11.5 Å². The number of ether oxygens (including phenoxy) is 3. The summed E-state index contributed by atoms with van der Waals surface area (Å²) >= 11 is 0. The van der Waals surface area contributed by atoms with Gasteiger partial charge in [0.15, 0.2) is 17.4 Å². The van der Waals surface area contributed by atoms with Crippen LogP contribution < -0.4 is 19.7 Å². The molecule has 2 aromatic rings. The smallest absolute Gasteiger partial charge is 0.185 e. The molecule has 1 aliphatic carbocycles. The van der Waals surface area contributed by atoms with Gasteiger partial charge in [0.25, 0.3) is 0 Å². The number of allylic oxidation sites excluding steroid dienone is 1. The van der Waals surface area contributed by atoms with Crippen LogP contribution in [0, 0.1) is 6.92 Å². The van der Waals surface area contributed by atoms with Gasteiger partial charge >= 0.3 is 0 Å². The Bertz CT molecular complexity index is 1360. The molecule has 0 unspecified atom stereocenters. The number of nitrogens with zero attached hydrogens (tertiary/aromatic N) is 2. The van der Waals surface area contributed by atoms with E-state index in [0.717, 1.165) is 62.8 Å². The number of piperidine rings is 1. The lowest BCUT2D eigenvalue weighted by atomic mass is 9.78. The Morgan fingerprint density at radius 3 is 2.34 bits per heavy atom. The second kappa shape index (κ2) is 14.0. The molecule has 238 valence electrons. The first kappa shape index (κ1) is 31.9. The number of likely N-dealkylation sites (tertiary alicyclic amines) is 1. The Morgan fingerprint density at radius 2 is 1.75 bits per heavy atom. The van der Waals surface area contributed by atoms with E-state index in [1.165, 1.54) is 52.8 Å². The summed E-state index contributed by atoms with van der Waals surface area (Å²) in [6, 6.07) is 14.0. The van der Waals surface area contributed by atoms with E-state index in [1.54, 1.807) is 14.2 Å². The zero-order valence-electron chi connectivity index (χ0n) is 28.0. The maximum Gasteiger partial charge on any atom is 0.185 e. The molecule has 2 aromatic carbocycles. The van der Waals surface area contributed by atoms with Crippen molar-refractivity contribution in [3.05, 3.63) is 82.9 Å². The molecular formula is C38H53N3O3. The Balaban J connectivity index is 1.38. The fourth-order valence-corrected chi connectivity index (χ4v) is 6.57. The van der Waals surface area contributed by atoms with E-state index in [2.05, 4.69) is 104 Å². The van der Waals surface area contributed by atoms with Crippen LogP contribution >= 0.6 is 0 Å². The van der Waals surface area contributed by atoms with E-state index in [4.69, 9.17) is 14.2 Å². The SMILES string of the molecule is CC/C=C(\OC(C)(C)C)N1CCC(N(CC2=CNCC(c3cc(OC)c(OC)c(C4CCC4)c3)=C2)c2ccc(C)cc2)CC1. The molecule has 1 saturated carbocycles. The maximum atomic E-state index is 6.38. The Hall–Kier alpha value is -3.54. The van der Waals surface area contributed by atoms with E-state index in [-0.39, 0.29) is 5.60 Å². The van der Waals surface area contributed by atoms with Gasteiger partial charge in [-0.15, -0.1) is 0 Å². The van der Waals surface area contributed by atoms with Gasteiger partial charge in [-0.3, -0.25) is 0 Å². The standard InChI is InChI=1S/C38H53N3O3/c1-8-10-36(44-38(3,4)5)40-19-17-33(18-20-40)41(32-15-13-27(2)14-16-32)26-28-21-31(25-39-24-28)30-22-34(29-11-9-12-29)37(43-7)35(23-30)42-6/h10,13-16,21-24,29,33,39H,8-9,11-12,17-20,25-26H2,1-7H3/b36-10-. The quantitative estimate of drug-likeness (QED) is 0.263. The number of anilines is 1. The largest absolute Gasteiger partial charge is 0.493 e. The van der Waals surface area contributed by atoms with Crippen molar-refractivity contribution in [1.82, 2.24) is 10.2 Å². The minimum Gasteiger partial charge on any atom is -0.493 e.